The molecular formula is C12H26N2O9. The Morgan fingerprint density at radius 2 is 1.00 bits per heavy atom. The summed E-state index contributed by atoms with van der Waals surface area (Å²) in [7, 11) is 0. The maximum absolute atomic E-state index is 9.94. The lowest BCUT2D eigenvalue weighted by Gasteiger charge is -1.88. The van der Waals surface area contributed by atoms with Crippen molar-refractivity contribution in [1.29, 1.82) is 0 Å². The molecule has 0 saturated heterocycles. The Kier molecular flexibility index (Phi) is 39.2. The fourth-order valence-electron chi connectivity index (χ4n) is 0.0779. The van der Waals surface area contributed by atoms with Crippen LogP contribution < -0.4 is 11.5 Å². The van der Waals surface area contributed by atoms with Crippen LogP contribution in [0.15, 0.2) is 12.2 Å². The molecule has 0 bridgehead atoms. The van der Waals surface area contributed by atoms with Gasteiger partial charge in [-0.05, 0) is 6.92 Å². The van der Waals surface area contributed by atoms with Crippen LogP contribution in [-0.4, -0.2) is 57.5 Å². The lowest BCUT2D eigenvalue weighted by molar-refractivity contribution is -0.229. The first-order valence-corrected chi connectivity index (χ1v) is 5.79. The zero-order chi connectivity index (χ0) is 20.0. The smallest absolute Gasteiger partial charge is 0.367 e. The van der Waals surface area contributed by atoms with Gasteiger partial charge in [0.2, 0.25) is 0 Å². The van der Waals surface area contributed by atoms with E-state index in [0.29, 0.717) is 13.1 Å². The Morgan fingerprint density at radius 3 is 1.00 bits per heavy atom. The highest BCUT2D eigenvalue weighted by Crippen LogP contribution is 1.86. The number of hydrogen-bond acceptors (Lipinski definition) is 8. The van der Waals surface area contributed by atoms with Crippen molar-refractivity contribution in [2.24, 2.45) is 11.5 Å². The summed E-state index contributed by atoms with van der Waals surface area (Å²) in [6.45, 7) is 9.08. The van der Waals surface area contributed by atoms with Crippen LogP contribution in [0.1, 0.15) is 27.7 Å². The van der Waals surface area contributed by atoms with Crippen LogP contribution in [0.25, 0.3) is 0 Å². The maximum Gasteiger partial charge on any atom is 0.367 e. The maximum atomic E-state index is 9.94. The number of carboxylic acids is 3. The first kappa shape index (κ1) is 32.4. The van der Waals surface area contributed by atoms with E-state index in [9.17, 15) is 4.79 Å². The third kappa shape index (κ3) is 295. The number of carbonyl (C=O) groups is 4. The summed E-state index contributed by atoms with van der Waals surface area (Å²) in [4.78, 5) is 40.2. The third-order valence-corrected chi connectivity index (χ3v) is 0.598. The summed E-state index contributed by atoms with van der Waals surface area (Å²) in [5.41, 5.74) is 9.99. The highest BCUT2D eigenvalue weighted by Gasteiger charge is 1.98. The lowest BCUT2D eigenvalue weighted by Crippen LogP contribution is -2.11. The van der Waals surface area contributed by atoms with Gasteiger partial charge < -0.3 is 26.8 Å². The average Bonchev–Trinajstić information content (AvgIpc) is 2.36. The molecule has 11 heteroatoms. The summed E-state index contributed by atoms with van der Waals surface area (Å²) in [6, 6.07) is 0. The summed E-state index contributed by atoms with van der Waals surface area (Å²) in [5.74, 6) is -3.29. The molecule has 0 spiro atoms. The van der Waals surface area contributed by atoms with Crippen molar-refractivity contribution < 1.29 is 44.6 Å². The van der Waals surface area contributed by atoms with Crippen LogP contribution >= 0.6 is 0 Å². The quantitative estimate of drug-likeness (QED) is 0.219. The SMILES string of the molecule is C=C(C)C(=O)OO.CC(=O)O.CC(=O)O.CC(=O)O.NCCN. The summed E-state index contributed by atoms with van der Waals surface area (Å²) in [5, 5.41) is 29.8. The molecule has 0 unspecified atom stereocenters. The van der Waals surface area contributed by atoms with Gasteiger partial charge in [-0.2, -0.15) is 5.26 Å². The van der Waals surface area contributed by atoms with Gasteiger partial charge in [-0.3, -0.25) is 19.3 Å². The van der Waals surface area contributed by atoms with E-state index >= 15 is 0 Å². The number of aliphatic carboxylic acids is 3. The molecule has 0 aliphatic heterocycles. The minimum Gasteiger partial charge on any atom is -0.481 e. The van der Waals surface area contributed by atoms with Gasteiger partial charge in [0.1, 0.15) is 0 Å². The van der Waals surface area contributed by atoms with E-state index in [4.69, 9.17) is 46.4 Å². The van der Waals surface area contributed by atoms with Gasteiger partial charge in [-0.15, -0.1) is 0 Å². The van der Waals surface area contributed by atoms with Crippen LogP contribution in [0, 0.1) is 0 Å². The molecular weight excluding hydrogens is 316 g/mol. The second-order valence-electron chi connectivity index (χ2n) is 3.29. The van der Waals surface area contributed by atoms with Gasteiger partial charge in [-0.1, -0.05) is 6.58 Å². The zero-order valence-corrected chi connectivity index (χ0v) is 13.6. The van der Waals surface area contributed by atoms with Crippen molar-refractivity contribution in [2.75, 3.05) is 13.1 Å². The van der Waals surface area contributed by atoms with Crippen molar-refractivity contribution in [3.8, 4) is 0 Å². The van der Waals surface area contributed by atoms with Gasteiger partial charge in [0.05, 0.1) is 0 Å². The Labute approximate surface area is 134 Å². The van der Waals surface area contributed by atoms with Crippen molar-refractivity contribution in [3.05, 3.63) is 12.2 Å². The monoisotopic (exact) mass is 342 g/mol. The topological polar surface area (TPSA) is 210 Å². The highest BCUT2D eigenvalue weighted by molar-refractivity contribution is 5.86. The third-order valence-electron chi connectivity index (χ3n) is 0.598. The second-order valence-corrected chi connectivity index (χ2v) is 3.29. The number of rotatable bonds is 2. The predicted molar refractivity (Wildman–Crippen MR) is 81.6 cm³/mol. The van der Waals surface area contributed by atoms with E-state index in [-0.39, 0.29) is 5.57 Å². The Morgan fingerprint density at radius 1 is 0.826 bits per heavy atom. The lowest BCUT2D eigenvalue weighted by atomic mass is 10.4. The highest BCUT2D eigenvalue weighted by atomic mass is 17.1. The molecule has 0 aromatic rings. The Bertz CT molecular complexity index is 301. The molecule has 8 N–H and O–H groups in total. The second kappa shape index (κ2) is 27.8. The van der Waals surface area contributed by atoms with Crippen LogP contribution in [0.2, 0.25) is 0 Å². The van der Waals surface area contributed by atoms with Crippen LogP contribution in [0.5, 0.6) is 0 Å². The number of carbonyl (C=O) groups excluding carboxylic acids is 1. The van der Waals surface area contributed by atoms with Crippen molar-refractivity contribution >= 4 is 23.9 Å². The van der Waals surface area contributed by atoms with Crippen molar-refractivity contribution in [1.82, 2.24) is 0 Å². The summed E-state index contributed by atoms with van der Waals surface area (Å²) < 4.78 is 0. The van der Waals surface area contributed by atoms with Gasteiger partial charge in [0.25, 0.3) is 17.9 Å². The molecule has 0 aromatic heterocycles. The predicted octanol–water partition coefficient (Wildman–Crippen LogP) is -0.245. The molecule has 0 amide bonds. The van der Waals surface area contributed by atoms with Crippen LogP contribution in [0.4, 0.5) is 0 Å². The molecule has 0 aromatic carbocycles. The largest absolute Gasteiger partial charge is 0.481 e. The standard InChI is InChI=1S/C4H6O3.C2H8N2.3C2H4O2/c1-3(2)4(5)7-6;3-1-2-4;3*1-2(3)4/h6H,1H2,2H3;1-4H2;3*1H3,(H,3,4). The molecule has 0 radical (unpaired) electrons. The van der Waals surface area contributed by atoms with E-state index in [0.717, 1.165) is 20.8 Å². The molecule has 138 valence electrons. The van der Waals surface area contributed by atoms with Crippen molar-refractivity contribution in [2.45, 2.75) is 27.7 Å². The van der Waals surface area contributed by atoms with E-state index in [1.807, 2.05) is 0 Å². The molecule has 11 nitrogen and oxygen atoms in total. The van der Waals surface area contributed by atoms with Crippen LogP contribution in [0.3, 0.4) is 0 Å². The molecule has 0 rings (SSSR count). The summed E-state index contributed by atoms with van der Waals surface area (Å²) in [6.07, 6.45) is 0. The zero-order valence-electron chi connectivity index (χ0n) is 13.6. The minimum absolute atomic E-state index is 0.183. The first-order valence-electron chi connectivity index (χ1n) is 5.79. The molecule has 0 saturated carbocycles. The van der Waals surface area contributed by atoms with Gasteiger partial charge in [0, 0.05) is 39.4 Å². The van der Waals surface area contributed by atoms with Gasteiger partial charge >= 0.3 is 5.97 Å². The fourth-order valence-corrected chi connectivity index (χ4v) is 0.0779. The van der Waals surface area contributed by atoms with E-state index in [2.05, 4.69) is 11.5 Å². The molecule has 0 aliphatic rings. The Balaban J connectivity index is -0.0000000604. The normalized spacial score (nSPS) is 6.91. The fraction of sp³-hybridized carbons (Fsp3) is 0.500. The average molecular weight is 342 g/mol. The van der Waals surface area contributed by atoms with Crippen LogP contribution in [-0.2, 0) is 24.1 Å². The molecule has 0 heterocycles. The molecule has 0 fully saturated rings. The van der Waals surface area contributed by atoms with E-state index in [1.165, 1.54) is 6.92 Å². The van der Waals surface area contributed by atoms with Gasteiger partial charge in [0.15, 0.2) is 0 Å². The molecule has 0 aliphatic carbocycles. The van der Waals surface area contributed by atoms with Crippen molar-refractivity contribution in [3.63, 3.8) is 0 Å². The van der Waals surface area contributed by atoms with Gasteiger partial charge in [-0.25, -0.2) is 4.79 Å². The van der Waals surface area contributed by atoms with E-state index < -0.39 is 23.9 Å². The number of hydrogen-bond donors (Lipinski definition) is 6. The van der Waals surface area contributed by atoms with E-state index in [1.54, 1.807) is 0 Å². The minimum atomic E-state index is -0.833. The molecule has 23 heavy (non-hydrogen) atoms. The summed E-state index contributed by atoms with van der Waals surface area (Å²) >= 11 is 0. The Hall–Kier alpha value is -2.50. The number of carboxylic acid groups (broad SMARTS) is 3. The first-order chi connectivity index (χ1) is 10.3. The number of nitrogens with two attached hydrogens (primary N) is 2. The molecule has 0 atom stereocenters.